The summed E-state index contributed by atoms with van der Waals surface area (Å²) in [5.74, 6) is 6.96. The van der Waals surface area contributed by atoms with Crippen molar-refractivity contribution in [1.29, 1.82) is 0 Å². The molecule has 1 nitrogen and oxygen atoms in total. The van der Waals surface area contributed by atoms with E-state index in [1.165, 1.54) is 11.1 Å². The molecule has 0 heterocycles. The van der Waals surface area contributed by atoms with Crippen molar-refractivity contribution in [3.8, 4) is 11.8 Å². The van der Waals surface area contributed by atoms with Gasteiger partial charge in [-0.3, -0.25) is 0 Å². The summed E-state index contributed by atoms with van der Waals surface area (Å²) in [6, 6.07) is 21.3. The highest BCUT2D eigenvalue weighted by Gasteiger charge is 2.19. The van der Waals surface area contributed by atoms with E-state index >= 15 is 0 Å². The van der Waals surface area contributed by atoms with Gasteiger partial charge in [0.05, 0.1) is 0 Å². The van der Waals surface area contributed by atoms with E-state index in [9.17, 15) is 0 Å². The third kappa shape index (κ3) is 5.27. The van der Waals surface area contributed by atoms with E-state index in [0.717, 1.165) is 12.8 Å². The average Bonchev–Trinajstić information content (AvgIpc) is 2.55. The summed E-state index contributed by atoms with van der Waals surface area (Å²) in [4.78, 5) is 0. The molecule has 0 saturated carbocycles. The molecule has 0 spiro atoms. The van der Waals surface area contributed by atoms with Crippen LogP contribution < -0.4 is 5.73 Å². The van der Waals surface area contributed by atoms with Crippen LogP contribution in [0.3, 0.4) is 0 Å². The molecule has 1 unspecified atom stereocenters. The van der Waals surface area contributed by atoms with Crippen molar-refractivity contribution in [1.82, 2.24) is 0 Å². The maximum absolute atomic E-state index is 6.19. The molecule has 23 heavy (non-hydrogen) atoms. The Kier molecular flexibility index (Phi) is 6.02. The summed E-state index contributed by atoms with van der Waals surface area (Å²) >= 11 is 0. The molecular formula is C22H27N. The smallest absolute Gasteiger partial charge is 0.0246 e. The van der Waals surface area contributed by atoms with Gasteiger partial charge in [-0.15, -0.1) is 11.8 Å². The minimum absolute atomic E-state index is 0.104. The highest BCUT2D eigenvalue weighted by Crippen LogP contribution is 2.27. The molecule has 1 heteroatoms. The van der Waals surface area contributed by atoms with Gasteiger partial charge in [0.1, 0.15) is 0 Å². The zero-order valence-electron chi connectivity index (χ0n) is 14.4. The minimum atomic E-state index is 0.104. The monoisotopic (exact) mass is 305 g/mol. The lowest BCUT2D eigenvalue weighted by Crippen LogP contribution is -2.34. The molecule has 0 aliphatic heterocycles. The predicted octanol–water partition coefficient (Wildman–Crippen LogP) is 4.98. The SMILES string of the molecule is CC(C)(C)C(N)CC#CCC(c1ccccc1)c1ccccc1. The number of benzene rings is 2. The Labute approximate surface area is 140 Å². The molecule has 0 saturated heterocycles. The van der Waals surface area contributed by atoms with E-state index in [4.69, 9.17) is 5.73 Å². The first-order chi connectivity index (χ1) is 11.0. The largest absolute Gasteiger partial charge is 0.326 e. The van der Waals surface area contributed by atoms with Crippen molar-refractivity contribution >= 4 is 0 Å². The fraction of sp³-hybridized carbons (Fsp3) is 0.364. The van der Waals surface area contributed by atoms with Crippen LogP contribution in [0.5, 0.6) is 0 Å². The predicted molar refractivity (Wildman–Crippen MR) is 99.2 cm³/mol. The van der Waals surface area contributed by atoms with Gasteiger partial charge in [0, 0.05) is 24.8 Å². The molecule has 0 aromatic heterocycles. The molecule has 2 aromatic rings. The standard InChI is InChI=1S/C22H27N/c1-22(2,3)21(23)17-11-10-16-20(18-12-6-4-7-13-18)19-14-8-5-9-15-19/h4-9,12-15,20-21H,16-17,23H2,1-3H3. The molecule has 2 rings (SSSR count). The Balaban J connectivity index is 2.12. The molecule has 0 aliphatic carbocycles. The van der Waals surface area contributed by atoms with Crippen molar-refractivity contribution in [3.05, 3.63) is 71.8 Å². The topological polar surface area (TPSA) is 26.0 Å². The van der Waals surface area contributed by atoms with Gasteiger partial charge in [-0.05, 0) is 16.5 Å². The summed E-state index contributed by atoms with van der Waals surface area (Å²) < 4.78 is 0. The lowest BCUT2D eigenvalue weighted by atomic mass is 9.85. The van der Waals surface area contributed by atoms with E-state index in [-0.39, 0.29) is 11.5 Å². The molecular weight excluding hydrogens is 278 g/mol. The van der Waals surface area contributed by atoms with Crippen LogP contribution in [0.4, 0.5) is 0 Å². The second-order valence-corrected chi connectivity index (χ2v) is 7.11. The van der Waals surface area contributed by atoms with E-state index in [1.807, 2.05) is 0 Å². The van der Waals surface area contributed by atoms with Crippen LogP contribution in [-0.4, -0.2) is 6.04 Å². The third-order valence-corrected chi connectivity index (χ3v) is 4.27. The van der Waals surface area contributed by atoms with Gasteiger partial charge in [-0.25, -0.2) is 0 Å². The van der Waals surface area contributed by atoms with E-state index < -0.39 is 0 Å². The molecule has 2 N–H and O–H groups in total. The van der Waals surface area contributed by atoms with Crippen LogP contribution in [0.2, 0.25) is 0 Å². The van der Waals surface area contributed by atoms with Crippen molar-refractivity contribution in [2.75, 3.05) is 0 Å². The fourth-order valence-electron chi connectivity index (χ4n) is 2.46. The van der Waals surface area contributed by atoms with Crippen LogP contribution in [0, 0.1) is 17.3 Å². The van der Waals surface area contributed by atoms with E-state index in [1.54, 1.807) is 0 Å². The normalized spacial score (nSPS) is 12.6. The highest BCUT2D eigenvalue weighted by atomic mass is 14.7. The van der Waals surface area contributed by atoms with Gasteiger partial charge in [0.25, 0.3) is 0 Å². The molecule has 0 fully saturated rings. The molecule has 0 amide bonds. The molecule has 0 aliphatic rings. The quantitative estimate of drug-likeness (QED) is 0.792. The van der Waals surface area contributed by atoms with Crippen molar-refractivity contribution in [3.63, 3.8) is 0 Å². The fourth-order valence-corrected chi connectivity index (χ4v) is 2.46. The number of hydrogen-bond donors (Lipinski definition) is 1. The Morgan fingerprint density at radius 2 is 1.22 bits per heavy atom. The Bertz CT molecular complexity index is 602. The summed E-state index contributed by atoms with van der Waals surface area (Å²) in [5, 5.41) is 0. The maximum atomic E-state index is 6.19. The highest BCUT2D eigenvalue weighted by molar-refractivity contribution is 5.33. The number of nitrogens with two attached hydrogens (primary N) is 1. The van der Waals surface area contributed by atoms with Crippen molar-refractivity contribution in [2.24, 2.45) is 11.1 Å². The van der Waals surface area contributed by atoms with Crippen LogP contribution >= 0.6 is 0 Å². The molecule has 2 aromatic carbocycles. The van der Waals surface area contributed by atoms with Crippen LogP contribution in [0.1, 0.15) is 50.7 Å². The Morgan fingerprint density at radius 1 is 0.783 bits per heavy atom. The summed E-state index contributed by atoms with van der Waals surface area (Å²) in [6.45, 7) is 6.49. The van der Waals surface area contributed by atoms with Crippen LogP contribution in [0.15, 0.2) is 60.7 Å². The molecule has 1 atom stereocenters. The first kappa shape index (κ1) is 17.3. The van der Waals surface area contributed by atoms with Crippen molar-refractivity contribution < 1.29 is 0 Å². The van der Waals surface area contributed by atoms with Crippen LogP contribution in [-0.2, 0) is 0 Å². The minimum Gasteiger partial charge on any atom is -0.326 e. The summed E-state index contributed by atoms with van der Waals surface area (Å²) in [7, 11) is 0. The number of hydrogen-bond acceptors (Lipinski definition) is 1. The summed E-state index contributed by atoms with van der Waals surface area (Å²) in [5.41, 5.74) is 8.92. The summed E-state index contributed by atoms with van der Waals surface area (Å²) in [6.07, 6.45) is 1.57. The first-order valence-electron chi connectivity index (χ1n) is 8.29. The third-order valence-electron chi connectivity index (χ3n) is 4.27. The van der Waals surface area contributed by atoms with Gasteiger partial charge < -0.3 is 5.73 Å². The average molecular weight is 305 g/mol. The Hall–Kier alpha value is -2.04. The number of rotatable bonds is 4. The molecule has 0 radical (unpaired) electrons. The van der Waals surface area contributed by atoms with Gasteiger partial charge in [0.2, 0.25) is 0 Å². The lowest BCUT2D eigenvalue weighted by molar-refractivity contribution is 0.324. The maximum Gasteiger partial charge on any atom is 0.0246 e. The molecule has 0 bridgehead atoms. The zero-order chi connectivity index (χ0) is 16.7. The van der Waals surface area contributed by atoms with E-state index in [0.29, 0.717) is 5.92 Å². The van der Waals surface area contributed by atoms with Gasteiger partial charge in [-0.2, -0.15) is 0 Å². The van der Waals surface area contributed by atoms with Crippen molar-refractivity contribution in [2.45, 2.75) is 45.6 Å². The molecule has 120 valence electrons. The second kappa shape index (κ2) is 7.99. The first-order valence-corrected chi connectivity index (χ1v) is 8.29. The lowest BCUT2D eigenvalue weighted by Gasteiger charge is -2.25. The van der Waals surface area contributed by atoms with Gasteiger partial charge in [-0.1, -0.05) is 81.4 Å². The van der Waals surface area contributed by atoms with E-state index in [2.05, 4.69) is 93.3 Å². The zero-order valence-corrected chi connectivity index (χ0v) is 14.4. The van der Waals surface area contributed by atoms with Crippen LogP contribution in [0.25, 0.3) is 0 Å². The van der Waals surface area contributed by atoms with Gasteiger partial charge in [0.15, 0.2) is 0 Å². The van der Waals surface area contributed by atoms with Gasteiger partial charge >= 0.3 is 0 Å². The second-order valence-electron chi connectivity index (χ2n) is 7.11. The Morgan fingerprint density at radius 3 is 1.65 bits per heavy atom.